The summed E-state index contributed by atoms with van der Waals surface area (Å²) < 4.78 is 31.0. The molecule has 35 heavy (non-hydrogen) atoms. The van der Waals surface area contributed by atoms with Gasteiger partial charge < -0.3 is 5.11 Å². The molecule has 0 amide bonds. The molecule has 1 aromatic heterocycles. The number of nitrogens with zero attached hydrogens (tertiary/aromatic N) is 1. The molecule has 2 N–H and O–H groups in total. The molecule has 0 saturated heterocycles. The van der Waals surface area contributed by atoms with E-state index in [2.05, 4.69) is 11.4 Å². The van der Waals surface area contributed by atoms with Gasteiger partial charge in [0.25, 0.3) is 10.1 Å². The lowest BCUT2D eigenvalue weighted by Crippen LogP contribution is -2.42. The van der Waals surface area contributed by atoms with Crippen LogP contribution in [0.4, 0.5) is 0 Å². The zero-order chi connectivity index (χ0) is 25.6. The molecule has 2 saturated carbocycles. The van der Waals surface area contributed by atoms with Gasteiger partial charge >= 0.3 is 5.97 Å². The molecule has 1 aliphatic heterocycles. The van der Waals surface area contributed by atoms with Gasteiger partial charge in [0.15, 0.2) is 0 Å². The van der Waals surface area contributed by atoms with Crippen LogP contribution in [0.15, 0.2) is 35.7 Å². The Hall–Kier alpha value is -1.78. The molecule has 3 atom stereocenters. The minimum Gasteiger partial charge on any atom is -0.480 e. The quantitative estimate of drug-likeness (QED) is 0.522. The van der Waals surface area contributed by atoms with Gasteiger partial charge in [-0.05, 0) is 59.2 Å². The van der Waals surface area contributed by atoms with E-state index >= 15 is 0 Å². The minimum absolute atomic E-state index is 0.0152. The number of carboxylic acids is 1. The number of thiophene rings is 1. The van der Waals surface area contributed by atoms with E-state index in [0.717, 1.165) is 19.4 Å². The van der Waals surface area contributed by atoms with Crippen molar-refractivity contribution in [3.63, 3.8) is 0 Å². The SMILES string of the molecule is CC1(C)C2CC[C@]1(CS(=O)(=O)O)C(=O)C2.O=C(O)[C@H](c1ccccc1Cl)N1CCc2sccc2C1. The second-order valence-electron chi connectivity index (χ2n) is 10.2. The molecule has 2 fully saturated rings. The number of carbonyl (C=O) groups is 2. The van der Waals surface area contributed by atoms with Crippen molar-refractivity contribution in [2.75, 3.05) is 12.3 Å². The van der Waals surface area contributed by atoms with Crippen molar-refractivity contribution >= 4 is 44.8 Å². The highest BCUT2D eigenvalue weighted by molar-refractivity contribution is 7.85. The largest absolute Gasteiger partial charge is 0.480 e. The zero-order valence-corrected chi connectivity index (χ0v) is 22.1. The van der Waals surface area contributed by atoms with Gasteiger partial charge in [-0.25, -0.2) is 0 Å². The smallest absolute Gasteiger partial charge is 0.325 e. The van der Waals surface area contributed by atoms with Crippen LogP contribution in [0.25, 0.3) is 0 Å². The Balaban J connectivity index is 0.000000172. The summed E-state index contributed by atoms with van der Waals surface area (Å²) in [6.45, 7) is 5.30. The first-order chi connectivity index (χ1) is 16.4. The minimum atomic E-state index is -4.08. The molecule has 10 heteroatoms. The Morgan fingerprint density at radius 1 is 1.29 bits per heavy atom. The highest BCUT2D eigenvalue weighted by atomic mass is 35.5. The monoisotopic (exact) mass is 539 g/mol. The first-order valence-electron chi connectivity index (χ1n) is 11.6. The van der Waals surface area contributed by atoms with E-state index < -0.39 is 33.3 Å². The molecule has 190 valence electrons. The number of halogens is 1. The predicted octanol–water partition coefficient (Wildman–Crippen LogP) is 4.86. The Labute approximate surface area is 214 Å². The second kappa shape index (κ2) is 9.59. The van der Waals surface area contributed by atoms with E-state index in [1.54, 1.807) is 23.5 Å². The summed E-state index contributed by atoms with van der Waals surface area (Å²) >= 11 is 7.92. The summed E-state index contributed by atoms with van der Waals surface area (Å²) in [6.07, 6.45) is 2.88. The Kier molecular flexibility index (Phi) is 7.20. The van der Waals surface area contributed by atoms with E-state index in [0.29, 0.717) is 30.0 Å². The molecule has 7 nitrogen and oxygen atoms in total. The zero-order valence-electron chi connectivity index (χ0n) is 19.7. The van der Waals surface area contributed by atoms with Crippen LogP contribution in [0.3, 0.4) is 0 Å². The van der Waals surface area contributed by atoms with Gasteiger partial charge in [-0.1, -0.05) is 43.6 Å². The highest BCUT2D eigenvalue weighted by Gasteiger charge is 2.65. The third kappa shape index (κ3) is 4.93. The summed E-state index contributed by atoms with van der Waals surface area (Å²) in [5.74, 6) is -0.951. The van der Waals surface area contributed by atoms with Crippen LogP contribution >= 0.6 is 22.9 Å². The maximum absolute atomic E-state index is 11.9. The maximum atomic E-state index is 11.9. The first kappa shape index (κ1) is 26.3. The lowest BCUT2D eigenvalue weighted by Gasteiger charge is -2.35. The van der Waals surface area contributed by atoms with Crippen molar-refractivity contribution < 1.29 is 27.7 Å². The summed E-state index contributed by atoms with van der Waals surface area (Å²) in [6, 6.07) is 8.58. The van der Waals surface area contributed by atoms with Crippen LogP contribution in [0, 0.1) is 16.7 Å². The van der Waals surface area contributed by atoms with Crippen LogP contribution in [0.5, 0.6) is 0 Å². The van der Waals surface area contributed by atoms with Crippen LogP contribution in [-0.2, 0) is 32.7 Å². The lowest BCUT2D eigenvalue weighted by atomic mass is 9.70. The average molecular weight is 540 g/mol. The van der Waals surface area contributed by atoms with Gasteiger partial charge in [0.05, 0.1) is 11.2 Å². The van der Waals surface area contributed by atoms with Crippen molar-refractivity contribution in [3.05, 3.63) is 56.7 Å². The molecule has 5 rings (SSSR count). The standard InChI is InChI=1S/C15H14ClNO2S.C10H16O4S/c16-12-4-2-1-3-11(12)14(15(18)19)17-7-5-13-10(9-17)6-8-20-13;1-9(2)7-3-4-10(9,8(11)5-7)6-15(12,13)14/h1-4,6,8,14H,5,7,9H2,(H,18,19);7H,3-6H2,1-2H3,(H,12,13,14)/t14-;7?,10-/m00/s1. The van der Waals surface area contributed by atoms with Gasteiger partial charge in [-0.3, -0.25) is 19.0 Å². The van der Waals surface area contributed by atoms with Crippen LogP contribution in [0.1, 0.15) is 55.2 Å². The summed E-state index contributed by atoms with van der Waals surface area (Å²) in [5.41, 5.74) is 0.783. The van der Waals surface area contributed by atoms with E-state index in [-0.39, 0.29) is 17.1 Å². The number of aliphatic carboxylic acids is 1. The number of benzene rings is 1. The van der Waals surface area contributed by atoms with Crippen LogP contribution < -0.4 is 0 Å². The molecule has 1 unspecified atom stereocenters. The lowest BCUT2D eigenvalue weighted by molar-refractivity contribution is -0.144. The fraction of sp³-hybridized carbons (Fsp3) is 0.520. The normalized spacial score (nSPS) is 26.1. The topological polar surface area (TPSA) is 112 Å². The van der Waals surface area contributed by atoms with E-state index in [1.807, 2.05) is 30.9 Å². The van der Waals surface area contributed by atoms with Gasteiger partial charge in [-0.15, -0.1) is 11.3 Å². The Morgan fingerprint density at radius 3 is 2.57 bits per heavy atom. The van der Waals surface area contributed by atoms with Crippen molar-refractivity contribution in [2.24, 2.45) is 16.7 Å². The molecular weight excluding hydrogens is 510 g/mol. The third-order valence-corrected chi connectivity index (χ3v) is 10.4. The first-order valence-corrected chi connectivity index (χ1v) is 14.5. The predicted molar refractivity (Wildman–Crippen MR) is 135 cm³/mol. The maximum Gasteiger partial charge on any atom is 0.325 e. The molecule has 1 aromatic carbocycles. The van der Waals surface area contributed by atoms with Crippen molar-refractivity contribution in [1.29, 1.82) is 0 Å². The molecular formula is C25H30ClNO6S2. The second-order valence-corrected chi connectivity index (χ2v) is 13.1. The molecule has 2 bridgehead atoms. The molecule has 2 aliphatic carbocycles. The highest BCUT2D eigenvalue weighted by Crippen LogP contribution is 2.64. The van der Waals surface area contributed by atoms with Gasteiger partial charge in [0.2, 0.25) is 0 Å². The number of ketones is 1. The number of hydrogen-bond donors (Lipinski definition) is 2. The van der Waals surface area contributed by atoms with E-state index in [1.165, 1.54) is 10.4 Å². The summed E-state index contributed by atoms with van der Waals surface area (Å²) in [4.78, 5) is 26.9. The van der Waals surface area contributed by atoms with Crippen LogP contribution in [-0.4, -0.2) is 47.0 Å². The fourth-order valence-electron chi connectivity index (χ4n) is 6.09. The summed E-state index contributed by atoms with van der Waals surface area (Å²) in [7, 11) is -4.08. The molecule has 3 aliphatic rings. The third-order valence-electron chi connectivity index (χ3n) is 8.20. The molecule has 0 spiro atoms. The van der Waals surface area contributed by atoms with Gasteiger partial charge in [0, 0.05) is 29.4 Å². The average Bonchev–Trinajstić information content (AvgIpc) is 3.37. The van der Waals surface area contributed by atoms with E-state index in [4.69, 9.17) is 16.2 Å². The van der Waals surface area contributed by atoms with Crippen molar-refractivity contribution in [3.8, 4) is 0 Å². The van der Waals surface area contributed by atoms with Crippen LogP contribution in [0.2, 0.25) is 5.02 Å². The number of fused-ring (bicyclic) bond motifs is 3. The molecule has 0 radical (unpaired) electrons. The Bertz CT molecular complexity index is 1240. The Morgan fingerprint density at radius 2 is 2.00 bits per heavy atom. The number of carbonyl (C=O) groups excluding carboxylic acids is 1. The number of Topliss-reactive ketones (excluding diaryl/α,β-unsaturated/α-hetero) is 1. The number of rotatable bonds is 5. The van der Waals surface area contributed by atoms with Crippen molar-refractivity contribution in [2.45, 2.75) is 52.1 Å². The summed E-state index contributed by atoms with van der Waals surface area (Å²) in [5, 5.41) is 12.2. The number of hydrogen-bond acceptors (Lipinski definition) is 6. The molecule has 2 aromatic rings. The fourth-order valence-corrected chi connectivity index (χ4v) is 8.52. The number of carboxylic acid groups (broad SMARTS) is 1. The van der Waals surface area contributed by atoms with Crippen molar-refractivity contribution in [1.82, 2.24) is 4.90 Å². The van der Waals surface area contributed by atoms with E-state index in [9.17, 15) is 23.1 Å². The van der Waals surface area contributed by atoms with Gasteiger partial charge in [-0.2, -0.15) is 8.42 Å². The molecule has 2 heterocycles. The van der Waals surface area contributed by atoms with Gasteiger partial charge in [0.1, 0.15) is 11.8 Å².